The Kier molecular flexibility index (Phi) is 4.28. The number of nitrogens with zero attached hydrogens (tertiary/aromatic N) is 1. The Hall–Kier alpha value is -1.20. The van der Waals surface area contributed by atoms with E-state index in [-0.39, 0.29) is 12.5 Å². The van der Waals surface area contributed by atoms with Gasteiger partial charge in [-0.1, -0.05) is 12.1 Å². The predicted molar refractivity (Wildman–Crippen MR) is 69.0 cm³/mol. The fourth-order valence-corrected chi connectivity index (χ4v) is 1.85. The van der Waals surface area contributed by atoms with Crippen LogP contribution in [0.25, 0.3) is 0 Å². The number of ether oxygens (including phenoxy) is 2. The van der Waals surface area contributed by atoms with Crippen molar-refractivity contribution in [2.45, 2.75) is 0 Å². The van der Waals surface area contributed by atoms with Gasteiger partial charge in [0, 0.05) is 12.3 Å². The van der Waals surface area contributed by atoms with Crippen LogP contribution in [0.15, 0.2) is 24.3 Å². The smallest absolute Gasteiger partial charge is 0.265 e. The number of benzene rings is 1. The second kappa shape index (κ2) is 5.93. The van der Waals surface area contributed by atoms with Crippen molar-refractivity contribution in [3.05, 3.63) is 24.3 Å². The van der Waals surface area contributed by atoms with Gasteiger partial charge in [0.25, 0.3) is 5.91 Å². The summed E-state index contributed by atoms with van der Waals surface area (Å²) in [7, 11) is 0. The average Bonchev–Trinajstić information content (AvgIpc) is 2.37. The number of hydrogen-bond acceptors (Lipinski definition) is 4. The first-order chi connectivity index (χ1) is 8.33. The summed E-state index contributed by atoms with van der Waals surface area (Å²) >= 11 is 4.06. The van der Waals surface area contributed by atoms with Crippen molar-refractivity contribution in [1.82, 2.24) is 0 Å². The molecule has 0 radical (unpaired) electrons. The van der Waals surface area contributed by atoms with Gasteiger partial charge in [-0.05, 0) is 12.1 Å². The van der Waals surface area contributed by atoms with E-state index < -0.39 is 0 Å². The number of para-hydroxylation sites is 2. The maximum absolute atomic E-state index is 11.8. The maximum atomic E-state index is 11.8. The van der Waals surface area contributed by atoms with E-state index in [1.807, 2.05) is 24.3 Å². The maximum Gasteiger partial charge on any atom is 0.265 e. The molecule has 0 aliphatic carbocycles. The third-order valence-electron chi connectivity index (χ3n) is 2.50. The van der Waals surface area contributed by atoms with Crippen LogP contribution in [0, 0.1) is 0 Å². The highest BCUT2D eigenvalue weighted by atomic mass is 32.1. The van der Waals surface area contributed by atoms with Gasteiger partial charge in [0.15, 0.2) is 6.61 Å². The molecule has 1 aromatic carbocycles. The molecule has 0 fully saturated rings. The number of fused-ring (bicyclic) bond motifs is 1. The van der Waals surface area contributed by atoms with Gasteiger partial charge in [-0.15, -0.1) is 0 Å². The number of carbonyl (C=O) groups is 1. The summed E-state index contributed by atoms with van der Waals surface area (Å²) in [5.41, 5.74) is 0.818. The van der Waals surface area contributed by atoms with Gasteiger partial charge in [0.2, 0.25) is 0 Å². The van der Waals surface area contributed by atoms with Gasteiger partial charge in [-0.3, -0.25) is 4.79 Å². The van der Waals surface area contributed by atoms with Crippen molar-refractivity contribution < 1.29 is 14.3 Å². The van der Waals surface area contributed by atoms with Gasteiger partial charge in [0.05, 0.1) is 18.9 Å². The van der Waals surface area contributed by atoms with E-state index in [4.69, 9.17) is 9.47 Å². The van der Waals surface area contributed by atoms with Gasteiger partial charge in [-0.2, -0.15) is 12.6 Å². The highest BCUT2D eigenvalue weighted by molar-refractivity contribution is 7.80. The Labute approximate surface area is 106 Å². The minimum atomic E-state index is -0.0295. The van der Waals surface area contributed by atoms with E-state index in [2.05, 4.69) is 12.6 Å². The van der Waals surface area contributed by atoms with E-state index in [1.54, 1.807) is 4.90 Å². The van der Waals surface area contributed by atoms with Crippen LogP contribution in [0.1, 0.15) is 0 Å². The summed E-state index contributed by atoms with van der Waals surface area (Å²) in [6, 6.07) is 7.53. The number of anilines is 1. The van der Waals surface area contributed by atoms with Gasteiger partial charge in [0.1, 0.15) is 5.75 Å². The molecule has 0 atom stereocenters. The van der Waals surface area contributed by atoms with E-state index in [9.17, 15) is 4.79 Å². The van der Waals surface area contributed by atoms with Crippen LogP contribution in [-0.4, -0.2) is 38.0 Å². The molecular weight excluding hydrogens is 238 g/mol. The summed E-state index contributed by atoms with van der Waals surface area (Å²) in [6.07, 6.45) is 0. The molecule has 0 N–H and O–H groups in total. The lowest BCUT2D eigenvalue weighted by Gasteiger charge is -2.29. The molecule has 1 aromatic rings. The number of thiol groups is 1. The highest BCUT2D eigenvalue weighted by Crippen LogP contribution is 2.30. The standard InChI is InChI=1S/C12H15NO3S/c14-12-9-16-11-4-2-1-3-10(11)13(12)5-6-15-7-8-17/h1-4,17H,5-9H2. The largest absolute Gasteiger partial charge is 0.482 e. The van der Waals surface area contributed by atoms with Crippen LogP contribution in [0.2, 0.25) is 0 Å². The second-order valence-electron chi connectivity index (χ2n) is 3.64. The number of carbonyl (C=O) groups excluding carboxylic acids is 1. The van der Waals surface area contributed by atoms with Crippen LogP contribution in [0.3, 0.4) is 0 Å². The zero-order valence-electron chi connectivity index (χ0n) is 9.46. The van der Waals surface area contributed by atoms with Gasteiger partial charge < -0.3 is 14.4 Å². The van der Waals surface area contributed by atoms with Crippen molar-refractivity contribution in [3.63, 3.8) is 0 Å². The van der Waals surface area contributed by atoms with Crippen molar-refractivity contribution in [3.8, 4) is 5.75 Å². The minimum Gasteiger partial charge on any atom is -0.482 e. The lowest BCUT2D eigenvalue weighted by atomic mass is 10.2. The summed E-state index contributed by atoms with van der Waals surface area (Å²) in [6.45, 7) is 1.76. The summed E-state index contributed by atoms with van der Waals surface area (Å²) < 4.78 is 10.7. The SMILES string of the molecule is O=C1COc2ccccc2N1CCOCCS. The molecule has 0 saturated heterocycles. The molecule has 1 heterocycles. The summed E-state index contributed by atoms with van der Waals surface area (Å²) in [4.78, 5) is 13.5. The molecular formula is C12H15NO3S. The first-order valence-corrected chi connectivity index (χ1v) is 6.17. The summed E-state index contributed by atoms with van der Waals surface area (Å²) in [5, 5.41) is 0. The topological polar surface area (TPSA) is 38.8 Å². The molecule has 0 aromatic heterocycles. The molecule has 2 rings (SSSR count). The third kappa shape index (κ3) is 2.92. The molecule has 4 nitrogen and oxygen atoms in total. The molecule has 0 saturated carbocycles. The highest BCUT2D eigenvalue weighted by Gasteiger charge is 2.24. The predicted octanol–water partition coefficient (Wildman–Crippen LogP) is 1.36. The van der Waals surface area contributed by atoms with Gasteiger partial charge in [-0.25, -0.2) is 0 Å². The van der Waals surface area contributed by atoms with Crippen molar-refractivity contribution in [2.75, 3.05) is 37.0 Å². The van der Waals surface area contributed by atoms with Crippen LogP contribution >= 0.6 is 12.6 Å². The van der Waals surface area contributed by atoms with Crippen LogP contribution in [-0.2, 0) is 9.53 Å². The van der Waals surface area contributed by atoms with E-state index in [0.717, 1.165) is 11.4 Å². The molecule has 92 valence electrons. The van der Waals surface area contributed by atoms with Gasteiger partial charge >= 0.3 is 0 Å². The van der Waals surface area contributed by atoms with E-state index >= 15 is 0 Å². The van der Waals surface area contributed by atoms with Crippen LogP contribution < -0.4 is 9.64 Å². The molecule has 0 unspecified atom stereocenters. The molecule has 0 spiro atoms. The monoisotopic (exact) mass is 253 g/mol. The molecule has 1 aliphatic rings. The van der Waals surface area contributed by atoms with Crippen molar-refractivity contribution in [1.29, 1.82) is 0 Å². The third-order valence-corrected chi connectivity index (χ3v) is 2.69. The molecule has 1 aliphatic heterocycles. The minimum absolute atomic E-state index is 0.0295. The van der Waals surface area contributed by atoms with Crippen molar-refractivity contribution >= 4 is 24.2 Å². The Bertz CT molecular complexity index is 397. The second-order valence-corrected chi connectivity index (χ2v) is 4.08. The van der Waals surface area contributed by atoms with Crippen molar-refractivity contribution in [2.24, 2.45) is 0 Å². The lowest BCUT2D eigenvalue weighted by molar-refractivity contribution is -0.121. The zero-order chi connectivity index (χ0) is 12.1. The molecule has 0 bridgehead atoms. The Morgan fingerprint density at radius 3 is 3.00 bits per heavy atom. The number of amides is 1. The zero-order valence-corrected chi connectivity index (χ0v) is 10.4. The molecule has 5 heteroatoms. The first-order valence-electron chi connectivity index (χ1n) is 5.53. The van der Waals surface area contributed by atoms with Crippen LogP contribution in [0.4, 0.5) is 5.69 Å². The molecule has 17 heavy (non-hydrogen) atoms. The Morgan fingerprint density at radius 1 is 1.35 bits per heavy atom. The fourth-order valence-electron chi connectivity index (χ4n) is 1.72. The number of rotatable bonds is 5. The Morgan fingerprint density at radius 2 is 2.18 bits per heavy atom. The van der Waals surface area contributed by atoms with E-state index in [0.29, 0.717) is 25.5 Å². The Balaban J connectivity index is 2.02. The normalized spacial score (nSPS) is 14.4. The fraction of sp³-hybridized carbons (Fsp3) is 0.417. The lowest BCUT2D eigenvalue weighted by Crippen LogP contribution is -2.40. The molecule has 1 amide bonds. The first kappa shape index (κ1) is 12.3. The number of hydrogen-bond donors (Lipinski definition) is 1. The average molecular weight is 253 g/mol. The summed E-state index contributed by atoms with van der Waals surface area (Å²) in [5.74, 6) is 1.41. The van der Waals surface area contributed by atoms with E-state index in [1.165, 1.54) is 0 Å². The quantitative estimate of drug-likeness (QED) is 0.636. The van der Waals surface area contributed by atoms with Crippen LogP contribution in [0.5, 0.6) is 5.75 Å².